The maximum atomic E-state index is 12.2. The van der Waals surface area contributed by atoms with Crippen molar-refractivity contribution >= 4 is 5.91 Å². The number of aromatic nitrogens is 2. The van der Waals surface area contributed by atoms with Crippen molar-refractivity contribution in [1.29, 1.82) is 0 Å². The number of rotatable bonds is 4. The number of amides is 1. The van der Waals surface area contributed by atoms with Crippen LogP contribution in [-0.2, 0) is 25.4 Å². The number of carbonyl (C=O) groups is 1. The molecule has 1 amide bonds. The van der Waals surface area contributed by atoms with E-state index >= 15 is 0 Å². The fraction of sp³-hybridized carbons (Fsp3) is 0.643. The molecule has 2 rings (SSSR count). The van der Waals surface area contributed by atoms with Crippen molar-refractivity contribution in [1.82, 2.24) is 19.4 Å². The molecule has 116 valence electrons. The van der Waals surface area contributed by atoms with Crippen LogP contribution in [0, 0.1) is 0 Å². The van der Waals surface area contributed by atoms with Crippen LogP contribution in [0.4, 0.5) is 0 Å². The fourth-order valence-corrected chi connectivity index (χ4v) is 2.50. The maximum absolute atomic E-state index is 12.2. The molecular weight excluding hydrogens is 272 g/mol. The van der Waals surface area contributed by atoms with Crippen LogP contribution in [0.5, 0.6) is 0 Å². The van der Waals surface area contributed by atoms with E-state index in [-0.39, 0.29) is 23.2 Å². The van der Waals surface area contributed by atoms with E-state index in [1.807, 2.05) is 4.90 Å². The lowest BCUT2D eigenvalue weighted by molar-refractivity contribution is -0.132. The van der Waals surface area contributed by atoms with Crippen molar-refractivity contribution in [2.24, 2.45) is 14.1 Å². The number of hydrogen-bond donors (Lipinski definition) is 1. The Morgan fingerprint density at radius 2 is 1.86 bits per heavy atom. The van der Waals surface area contributed by atoms with Gasteiger partial charge in [-0.25, -0.2) is 4.79 Å². The van der Waals surface area contributed by atoms with E-state index in [1.54, 1.807) is 14.0 Å². The van der Waals surface area contributed by atoms with Crippen LogP contribution in [0.2, 0.25) is 0 Å². The molecule has 7 heteroatoms. The summed E-state index contributed by atoms with van der Waals surface area (Å²) in [6, 6.07) is 1.09. The van der Waals surface area contributed by atoms with E-state index in [2.05, 4.69) is 5.32 Å². The Labute approximate surface area is 123 Å². The lowest BCUT2D eigenvalue weighted by Crippen LogP contribution is -2.45. The molecule has 1 aliphatic rings. The number of hydrogen-bond acceptors (Lipinski definition) is 4. The summed E-state index contributed by atoms with van der Waals surface area (Å²) in [5, 5.41) is 3.09. The van der Waals surface area contributed by atoms with E-state index in [0.717, 1.165) is 30.5 Å². The Morgan fingerprint density at radius 1 is 1.24 bits per heavy atom. The van der Waals surface area contributed by atoms with Crippen molar-refractivity contribution in [2.75, 3.05) is 13.1 Å². The molecule has 0 spiro atoms. The van der Waals surface area contributed by atoms with Gasteiger partial charge in [-0.05, 0) is 19.8 Å². The average Bonchev–Trinajstić information content (AvgIpc) is 3.00. The van der Waals surface area contributed by atoms with Gasteiger partial charge in [0.2, 0.25) is 5.91 Å². The van der Waals surface area contributed by atoms with Gasteiger partial charge < -0.3 is 10.2 Å². The van der Waals surface area contributed by atoms with Crippen molar-refractivity contribution in [2.45, 2.75) is 32.4 Å². The first-order valence-electron chi connectivity index (χ1n) is 7.20. The second kappa shape index (κ2) is 6.26. The summed E-state index contributed by atoms with van der Waals surface area (Å²) in [6.45, 7) is 3.74. The first kappa shape index (κ1) is 15.5. The summed E-state index contributed by atoms with van der Waals surface area (Å²) < 4.78 is 2.48. The van der Waals surface area contributed by atoms with Gasteiger partial charge in [0.1, 0.15) is 0 Å². The largest absolute Gasteiger partial charge is 0.341 e. The monoisotopic (exact) mass is 294 g/mol. The highest BCUT2D eigenvalue weighted by Crippen LogP contribution is 2.09. The van der Waals surface area contributed by atoms with Gasteiger partial charge in [0, 0.05) is 45.5 Å². The van der Waals surface area contributed by atoms with Gasteiger partial charge in [-0.1, -0.05) is 0 Å². The van der Waals surface area contributed by atoms with E-state index in [9.17, 15) is 14.4 Å². The summed E-state index contributed by atoms with van der Waals surface area (Å²) in [5.41, 5.74) is -0.129. The number of nitrogens with zero attached hydrogens (tertiary/aromatic N) is 3. The number of carbonyl (C=O) groups excluding carboxylic acids is 1. The van der Waals surface area contributed by atoms with Gasteiger partial charge >= 0.3 is 5.69 Å². The molecule has 0 radical (unpaired) electrons. The molecule has 1 unspecified atom stereocenters. The molecule has 1 aromatic rings. The van der Waals surface area contributed by atoms with Crippen molar-refractivity contribution in [3.05, 3.63) is 32.6 Å². The molecule has 0 aromatic carbocycles. The maximum Gasteiger partial charge on any atom is 0.330 e. The number of likely N-dealkylation sites (tertiary alicyclic amines) is 1. The van der Waals surface area contributed by atoms with E-state index in [4.69, 9.17) is 0 Å². The lowest BCUT2D eigenvalue weighted by atomic mass is 10.2. The lowest BCUT2D eigenvalue weighted by Gasteiger charge is -2.21. The van der Waals surface area contributed by atoms with Crippen LogP contribution < -0.4 is 16.6 Å². The third-order valence-electron chi connectivity index (χ3n) is 4.00. The van der Waals surface area contributed by atoms with Gasteiger partial charge in [-0.15, -0.1) is 0 Å². The highest BCUT2D eigenvalue weighted by molar-refractivity contribution is 5.81. The third-order valence-corrected chi connectivity index (χ3v) is 4.00. The van der Waals surface area contributed by atoms with Crippen LogP contribution in [0.3, 0.4) is 0 Å². The van der Waals surface area contributed by atoms with E-state index < -0.39 is 0 Å². The van der Waals surface area contributed by atoms with Crippen LogP contribution in [0.15, 0.2) is 15.7 Å². The highest BCUT2D eigenvalue weighted by Gasteiger charge is 2.22. The summed E-state index contributed by atoms with van der Waals surface area (Å²) in [6.07, 6.45) is 2.11. The Kier molecular flexibility index (Phi) is 4.62. The molecule has 1 fully saturated rings. The first-order chi connectivity index (χ1) is 9.91. The minimum absolute atomic E-state index is 0.0707. The minimum atomic E-state index is -0.363. The van der Waals surface area contributed by atoms with Crippen LogP contribution in [-0.4, -0.2) is 39.1 Å². The molecule has 0 saturated carbocycles. The third kappa shape index (κ3) is 3.24. The second-order valence-corrected chi connectivity index (χ2v) is 5.51. The zero-order chi connectivity index (χ0) is 15.6. The molecule has 1 N–H and O–H groups in total. The van der Waals surface area contributed by atoms with Crippen LogP contribution in [0.25, 0.3) is 0 Å². The molecule has 1 aromatic heterocycles. The van der Waals surface area contributed by atoms with Gasteiger partial charge in [0.15, 0.2) is 0 Å². The van der Waals surface area contributed by atoms with Crippen molar-refractivity contribution in [3.8, 4) is 0 Å². The van der Waals surface area contributed by atoms with Crippen LogP contribution >= 0.6 is 0 Å². The molecule has 1 saturated heterocycles. The Morgan fingerprint density at radius 3 is 2.48 bits per heavy atom. The quantitative estimate of drug-likeness (QED) is 0.787. The average molecular weight is 294 g/mol. The van der Waals surface area contributed by atoms with Gasteiger partial charge in [-0.2, -0.15) is 0 Å². The van der Waals surface area contributed by atoms with E-state index in [0.29, 0.717) is 12.2 Å². The first-order valence-corrected chi connectivity index (χ1v) is 7.20. The minimum Gasteiger partial charge on any atom is -0.341 e. The van der Waals surface area contributed by atoms with Crippen molar-refractivity contribution < 1.29 is 4.79 Å². The summed E-state index contributed by atoms with van der Waals surface area (Å²) in [5.74, 6) is 0.0707. The predicted molar refractivity (Wildman–Crippen MR) is 79.0 cm³/mol. The predicted octanol–water partition coefficient (Wildman–Crippen LogP) is -0.815. The molecule has 1 atom stereocenters. The van der Waals surface area contributed by atoms with Crippen molar-refractivity contribution in [3.63, 3.8) is 0 Å². The topological polar surface area (TPSA) is 76.3 Å². The molecule has 0 bridgehead atoms. The SMILES string of the molecule is CC(NCc1cc(=O)n(C)c(=O)n1C)C(=O)N1CCCC1. The normalized spacial score (nSPS) is 16.2. The molecule has 7 nitrogen and oxygen atoms in total. The Balaban J connectivity index is 2.04. The standard InChI is InChI=1S/C14H22N4O3/c1-10(13(20)18-6-4-5-7-18)15-9-11-8-12(19)17(3)14(21)16(11)2/h8,10,15H,4-7,9H2,1-3H3. The van der Waals surface area contributed by atoms with Gasteiger partial charge in [0.05, 0.1) is 6.04 Å². The Bertz CT molecular complexity index is 641. The molecule has 21 heavy (non-hydrogen) atoms. The summed E-state index contributed by atoms with van der Waals surface area (Å²) in [4.78, 5) is 37.5. The second-order valence-electron chi connectivity index (χ2n) is 5.51. The summed E-state index contributed by atoms with van der Waals surface area (Å²) >= 11 is 0. The van der Waals surface area contributed by atoms with Crippen LogP contribution in [0.1, 0.15) is 25.5 Å². The Hall–Kier alpha value is -1.89. The molecule has 0 aliphatic carbocycles. The highest BCUT2D eigenvalue weighted by atomic mass is 16.2. The van der Waals surface area contributed by atoms with E-state index in [1.165, 1.54) is 17.7 Å². The molecular formula is C14H22N4O3. The fourth-order valence-electron chi connectivity index (χ4n) is 2.50. The number of nitrogens with one attached hydrogen (secondary N) is 1. The molecule has 1 aliphatic heterocycles. The zero-order valence-electron chi connectivity index (χ0n) is 12.8. The summed E-state index contributed by atoms with van der Waals surface area (Å²) in [7, 11) is 3.06. The van der Waals surface area contributed by atoms with Gasteiger partial charge in [-0.3, -0.25) is 18.7 Å². The zero-order valence-corrected chi connectivity index (χ0v) is 12.8. The smallest absolute Gasteiger partial charge is 0.330 e. The van der Waals surface area contributed by atoms with Gasteiger partial charge in [0.25, 0.3) is 5.56 Å². The molecule has 2 heterocycles.